The van der Waals surface area contributed by atoms with Gasteiger partial charge in [-0.05, 0) is 25.6 Å². The van der Waals surface area contributed by atoms with E-state index in [0.29, 0.717) is 0 Å². The molecule has 14 heavy (non-hydrogen) atoms. The molecule has 0 aromatic heterocycles. The molecule has 1 unspecified atom stereocenters. The minimum atomic E-state index is 0.0955. The summed E-state index contributed by atoms with van der Waals surface area (Å²) in [6.07, 6.45) is 4.13. The molecular weight excluding hydrogens is 176 g/mol. The normalized spacial score (nSPS) is 18.1. The van der Waals surface area contributed by atoms with Gasteiger partial charge in [-0.1, -0.05) is 13.8 Å². The monoisotopic (exact) mass is 198 g/mol. The van der Waals surface area contributed by atoms with E-state index >= 15 is 0 Å². The molecule has 0 radical (unpaired) electrons. The van der Waals surface area contributed by atoms with E-state index in [0.717, 1.165) is 44.8 Å². The molecule has 0 aromatic carbocycles. The molecule has 0 aromatic rings. The minimum Gasteiger partial charge on any atom is -0.496 e. The first-order chi connectivity index (χ1) is 6.77. The largest absolute Gasteiger partial charge is 0.496 e. The van der Waals surface area contributed by atoms with Crippen molar-refractivity contribution in [2.45, 2.75) is 32.7 Å². The van der Waals surface area contributed by atoms with Crippen LogP contribution >= 0.6 is 0 Å². The van der Waals surface area contributed by atoms with Crippen LogP contribution in [0, 0.1) is 0 Å². The molecule has 0 fully saturated rings. The van der Waals surface area contributed by atoms with Gasteiger partial charge in [0.15, 0.2) is 0 Å². The molecule has 0 aliphatic carbocycles. The molecular formula is C11H22N2O. The van der Waals surface area contributed by atoms with Gasteiger partial charge in [0, 0.05) is 13.0 Å². The van der Waals surface area contributed by atoms with Crippen LogP contribution in [-0.2, 0) is 4.74 Å². The Labute approximate surface area is 86.9 Å². The fourth-order valence-electron chi connectivity index (χ4n) is 1.70. The van der Waals surface area contributed by atoms with Crippen LogP contribution in [-0.4, -0.2) is 37.2 Å². The Morgan fingerprint density at radius 3 is 2.71 bits per heavy atom. The van der Waals surface area contributed by atoms with Crippen LogP contribution in [0.1, 0.15) is 26.7 Å². The Hall–Kier alpha value is -0.540. The van der Waals surface area contributed by atoms with Crippen molar-refractivity contribution >= 4 is 0 Å². The third-order valence-corrected chi connectivity index (χ3v) is 2.75. The van der Waals surface area contributed by atoms with Gasteiger partial charge in [-0.15, -0.1) is 0 Å². The molecule has 0 amide bonds. The highest BCUT2D eigenvalue weighted by atomic mass is 16.5. The van der Waals surface area contributed by atoms with Crippen molar-refractivity contribution in [2.24, 2.45) is 5.73 Å². The lowest BCUT2D eigenvalue weighted by molar-refractivity contribution is 0.213. The second-order valence-corrected chi connectivity index (χ2v) is 3.67. The molecule has 1 rings (SSSR count). The highest BCUT2D eigenvalue weighted by Crippen LogP contribution is 2.14. The first-order valence-corrected chi connectivity index (χ1v) is 5.58. The van der Waals surface area contributed by atoms with E-state index in [4.69, 9.17) is 10.5 Å². The number of nitrogens with zero attached hydrogens (tertiary/aromatic N) is 1. The van der Waals surface area contributed by atoms with Crippen molar-refractivity contribution in [1.82, 2.24) is 4.90 Å². The van der Waals surface area contributed by atoms with Crippen LogP contribution in [0.25, 0.3) is 0 Å². The van der Waals surface area contributed by atoms with E-state index < -0.39 is 0 Å². The van der Waals surface area contributed by atoms with Gasteiger partial charge in [0.25, 0.3) is 0 Å². The van der Waals surface area contributed by atoms with Crippen molar-refractivity contribution in [3.63, 3.8) is 0 Å². The number of rotatable bonds is 6. The molecule has 0 spiro atoms. The predicted octanol–water partition coefficient (Wildman–Crippen LogP) is 1.35. The average Bonchev–Trinajstić information content (AvgIpc) is 2.72. The molecule has 1 aliphatic rings. The van der Waals surface area contributed by atoms with Gasteiger partial charge in [0.2, 0.25) is 0 Å². The molecule has 1 aliphatic heterocycles. The summed E-state index contributed by atoms with van der Waals surface area (Å²) in [4.78, 5) is 2.38. The Morgan fingerprint density at radius 2 is 2.21 bits per heavy atom. The first-order valence-electron chi connectivity index (χ1n) is 5.58. The van der Waals surface area contributed by atoms with Crippen LogP contribution in [0.2, 0.25) is 0 Å². The smallest absolute Gasteiger partial charge is 0.109 e. The van der Waals surface area contributed by atoms with Crippen molar-refractivity contribution in [3.05, 3.63) is 11.8 Å². The third-order valence-electron chi connectivity index (χ3n) is 2.75. The molecule has 82 valence electrons. The topological polar surface area (TPSA) is 38.5 Å². The highest BCUT2D eigenvalue weighted by molar-refractivity contribution is 5.05. The summed E-state index contributed by atoms with van der Waals surface area (Å²) in [5.41, 5.74) is 6.02. The van der Waals surface area contributed by atoms with Crippen LogP contribution in [0.15, 0.2) is 11.8 Å². The molecule has 0 saturated heterocycles. The standard InChI is InChI=1S/C11H22N2O/c1-3-13(4-2)8-7-10(12)11-6-5-9-14-11/h6,10H,3-5,7-9,12H2,1-2H3. The van der Waals surface area contributed by atoms with Gasteiger partial charge in [-0.2, -0.15) is 0 Å². The molecule has 2 N–H and O–H groups in total. The average molecular weight is 198 g/mol. The van der Waals surface area contributed by atoms with Crippen molar-refractivity contribution < 1.29 is 4.74 Å². The van der Waals surface area contributed by atoms with Crippen molar-refractivity contribution in [2.75, 3.05) is 26.2 Å². The maximum absolute atomic E-state index is 6.02. The Kier molecular flexibility index (Phi) is 4.98. The number of hydrogen-bond donors (Lipinski definition) is 1. The van der Waals surface area contributed by atoms with E-state index in [1.54, 1.807) is 0 Å². The van der Waals surface area contributed by atoms with Gasteiger partial charge in [-0.25, -0.2) is 0 Å². The fraction of sp³-hybridized carbons (Fsp3) is 0.818. The first kappa shape index (κ1) is 11.5. The molecule has 1 heterocycles. The molecule has 3 heteroatoms. The van der Waals surface area contributed by atoms with E-state index in [-0.39, 0.29) is 6.04 Å². The maximum atomic E-state index is 6.02. The van der Waals surface area contributed by atoms with Gasteiger partial charge in [-0.3, -0.25) is 0 Å². The van der Waals surface area contributed by atoms with Gasteiger partial charge in [0.1, 0.15) is 5.76 Å². The second kappa shape index (κ2) is 6.04. The molecule has 0 saturated carbocycles. The quantitative estimate of drug-likeness (QED) is 0.700. The van der Waals surface area contributed by atoms with Crippen LogP contribution in [0.3, 0.4) is 0 Å². The summed E-state index contributed by atoms with van der Waals surface area (Å²) in [6.45, 7) is 8.44. The summed E-state index contributed by atoms with van der Waals surface area (Å²) >= 11 is 0. The number of hydrogen-bond acceptors (Lipinski definition) is 3. The third kappa shape index (κ3) is 3.31. The zero-order valence-corrected chi connectivity index (χ0v) is 9.33. The molecule has 1 atom stereocenters. The summed E-state index contributed by atoms with van der Waals surface area (Å²) < 4.78 is 5.43. The van der Waals surface area contributed by atoms with E-state index in [1.807, 2.05) is 0 Å². The summed E-state index contributed by atoms with van der Waals surface area (Å²) in [7, 11) is 0. The fourth-order valence-corrected chi connectivity index (χ4v) is 1.70. The maximum Gasteiger partial charge on any atom is 0.109 e. The van der Waals surface area contributed by atoms with Crippen LogP contribution < -0.4 is 5.73 Å². The lowest BCUT2D eigenvalue weighted by atomic mass is 10.1. The zero-order valence-electron chi connectivity index (χ0n) is 9.33. The SMILES string of the molecule is CCN(CC)CCC(N)C1=CCCO1. The van der Waals surface area contributed by atoms with Crippen LogP contribution in [0.5, 0.6) is 0 Å². The number of ether oxygens (including phenoxy) is 1. The Morgan fingerprint density at radius 1 is 1.50 bits per heavy atom. The summed E-state index contributed by atoms with van der Waals surface area (Å²) in [5, 5.41) is 0. The minimum absolute atomic E-state index is 0.0955. The van der Waals surface area contributed by atoms with E-state index in [2.05, 4.69) is 24.8 Å². The van der Waals surface area contributed by atoms with E-state index in [9.17, 15) is 0 Å². The molecule has 0 bridgehead atoms. The zero-order chi connectivity index (χ0) is 10.4. The highest BCUT2D eigenvalue weighted by Gasteiger charge is 2.14. The van der Waals surface area contributed by atoms with Crippen LogP contribution in [0.4, 0.5) is 0 Å². The van der Waals surface area contributed by atoms with E-state index in [1.165, 1.54) is 0 Å². The molecule has 3 nitrogen and oxygen atoms in total. The summed E-state index contributed by atoms with van der Waals surface area (Å²) in [6, 6.07) is 0.0955. The summed E-state index contributed by atoms with van der Waals surface area (Å²) in [5.74, 6) is 0.997. The van der Waals surface area contributed by atoms with Gasteiger partial charge in [0.05, 0.1) is 12.6 Å². The number of nitrogens with two attached hydrogens (primary N) is 1. The van der Waals surface area contributed by atoms with Gasteiger partial charge >= 0.3 is 0 Å². The van der Waals surface area contributed by atoms with Crippen molar-refractivity contribution in [3.8, 4) is 0 Å². The Balaban J connectivity index is 2.22. The second-order valence-electron chi connectivity index (χ2n) is 3.67. The lowest BCUT2D eigenvalue weighted by Gasteiger charge is -2.20. The predicted molar refractivity (Wildman–Crippen MR) is 59.0 cm³/mol. The van der Waals surface area contributed by atoms with Crippen molar-refractivity contribution in [1.29, 1.82) is 0 Å². The van der Waals surface area contributed by atoms with Gasteiger partial charge < -0.3 is 15.4 Å². The Bertz CT molecular complexity index is 188. The lowest BCUT2D eigenvalue weighted by Crippen LogP contribution is -2.31.